The second-order valence-electron chi connectivity index (χ2n) is 3.24. The van der Waals surface area contributed by atoms with Crippen molar-refractivity contribution < 1.29 is 0 Å². The molecule has 1 saturated heterocycles. The van der Waals surface area contributed by atoms with Crippen LogP contribution in [0.4, 0.5) is 0 Å². The van der Waals surface area contributed by atoms with Crippen molar-refractivity contribution in [2.75, 3.05) is 20.1 Å². The summed E-state index contributed by atoms with van der Waals surface area (Å²) in [6, 6.07) is 0.544. The summed E-state index contributed by atoms with van der Waals surface area (Å²) in [5.41, 5.74) is 0. The van der Waals surface area contributed by atoms with Crippen LogP contribution in [-0.4, -0.2) is 36.1 Å². The molecule has 15 heavy (non-hydrogen) atoms. The number of hydrogen-bond acceptors (Lipinski definition) is 3. The molecule has 0 aromatic carbocycles. The molecule has 0 aromatic rings. The van der Waals surface area contributed by atoms with E-state index >= 15 is 0 Å². The first kappa shape index (κ1) is 14.7. The number of hydrogen-bond donors (Lipinski definition) is 0. The number of thioether (sulfide) groups is 1. The van der Waals surface area contributed by atoms with E-state index in [4.69, 9.17) is 0 Å². The van der Waals surface area contributed by atoms with E-state index in [1.807, 2.05) is 19.3 Å². The van der Waals surface area contributed by atoms with Gasteiger partial charge in [0.25, 0.3) is 0 Å². The third kappa shape index (κ3) is 4.85. The predicted octanol–water partition coefficient (Wildman–Crippen LogP) is 3.40. The summed E-state index contributed by atoms with van der Waals surface area (Å²) in [7, 11) is 2.17. The maximum Gasteiger partial charge on any atom is 0.0889 e. The first-order chi connectivity index (χ1) is 7.29. The monoisotopic (exact) mass is 228 g/mol. The van der Waals surface area contributed by atoms with Crippen molar-refractivity contribution in [1.29, 1.82) is 0 Å². The minimum absolute atomic E-state index is 0.544. The molecule has 1 unspecified atom stereocenters. The number of rotatable bonds is 3. The fourth-order valence-electron chi connectivity index (χ4n) is 1.68. The fourth-order valence-corrected chi connectivity index (χ4v) is 2.51. The Morgan fingerprint density at radius 2 is 2.27 bits per heavy atom. The fraction of sp³-hybridized carbons (Fsp3) is 0.750. The van der Waals surface area contributed by atoms with Crippen molar-refractivity contribution in [3.05, 3.63) is 12.0 Å². The van der Waals surface area contributed by atoms with E-state index in [2.05, 4.69) is 30.4 Å². The zero-order chi connectivity index (χ0) is 11.7. The summed E-state index contributed by atoms with van der Waals surface area (Å²) in [6.45, 7) is 11.9. The third-order valence-corrected chi connectivity index (χ3v) is 3.13. The van der Waals surface area contributed by atoms with Crippen LogP contribution in [0.15, 0.2) is 17.0 Å². The van der Waals surface area contributed by atoms with E-state index < -0.39 is 0 Å². The van der Waals surface area contributed by atoms with E-state index in [0.717, 1.165) is 6.54 Å². The Bertz CT molecular complexity index is 202. The van der Waals surface area contributed by atoms with Gasteiger partial charge in [-0.05, 0) is 38.8 Å². The number of nitrogens with zero attached hydrogens (tertiary/aromatic N) is 2. The van der Waals surface area contributed by atoms with Crippen molar-refractivity contribution in [2.24, 2.45) is 4.99 Å². The Morgan fingerprint density at radius 1 is 1.60 bits per heavy atom. The van der Waals surface area contributed by atoms with Gasteiger partial charge in [-0.15, -0.1) is 0 Å². The van der Waals surface area contributed by atoms with E-state index in [9.17, 15) is 0 Å². The molecule has 1 heterocycles. The summed E-state index contributed by atoms with van der Waals surface area (Å²) >= 11 is 1.67. The average Bonchev–Trinajstić information content (AvgIpc) is 2.67. The van der Waals surface area contributed by atoms with Gasteiger partial charge >= 0.3 is 0 Å². The standard InChI is InChI=1S/C10H18N2S.C2H6/c1-4-11-10(13-5-2)9-7-6-8-12(9)3;1-2/h5,9H,2,4,6-8H2,1,3H3;1-2H3. The summed E-state index contributed by atoms with van der Waals surface area (Å²) in [5.74, 6) is 0. The lowest BCUT2D eigenvalue weighted by Crippen LogP contribution is -2.31. The number of likely N-dealkylation sites (tertiary alicyclic amines) is 1. The second kappa shape index (κ2) is 8.98. The molecule has 0 saturated carbocycles. The maximum absolute atomic E-state index is 4.51. The molecule has 1 aliphatic heterocycles. The first-order valence-electron chi connectivity index (χ1n) is 5.81. The highest BCUT2D eigenvalue weighted by Crippen LogP contribution is 2.22. The summed E-state index contributed by atoms with van der Waals surface area (Å²) in [5, 5.41) is 3.11. The molecule has 1 fully saturated rings. The smallest absolute Gasteiger partial charge is 0.0889 e. The molecular formula is C12H24N2S. The van der Waals surface area contributed by atoms with Crippen LogP contribution < -0.4 is 0 Å². The molecular weight excluding hydrogens is 204 g/mol. The van der Waals surface area contributed by atoms with E-state index in [1.165, 1.54) is 24.4 Å². The molecule has 88 valence electrons. The van der Waals surface area contributed by atoms with Gasteiger partial charge in [0.1, 0.15) is 0 Å². The van der Waals surface area contributed by atoms with Gasteiger partial charge in [0, 0.05) is 6.54 Å². The SMILES string of the molecule is C=CSC(=NCC)C1CCCN1C.CC. The van der Waals surface area contributed by atoms with Gasteiger partial charge in [-0.2, -0.15) is 0 Å². The van der Waals surface area contributed by atoms with Crippen LogP contribution in [-0.2, 0) is 0 Å². The average molecular weight is 228 g/mol. The van der Waals surface area contributed by atoms with Gasteiger partial charge in [0.05, 0.1) is 11.1 Å². The Morgan fingerprint density at radius 3 is 2.67 bits per heavy atom. The number of aliphatic imine (C=N–C) groups is 1. The minimum atomic E-state index is 0.544. The topological polar surface area (TPSA) is 15.6 Å². The predicted molar refractivity (Wildman–Crippen MR) is 72.8 cm³/mol. The minimum Gasteiger partial charge on any atom is -0.297 e. The van der Waals surface area contributed by atoms with Crippen molar-refractivity contribution in [3.8, 4) is 0 Å². The zero-order valence-electron chi connectivity index (χ0n) is 10.5. The Labute approximate surface area is 98.8 Å². The highest BCUT2D eigenvalue weighted by atomic mass is 32.2. The summed E-state index contributed by atoms with van der Waals surface area (Å²) < 4.78 is 0. The van der Waals surface area contributed by atoms with Crippen LogP contribution in [0.3, 0.4) is 0 Å². The molecule has 1 aliphatic rings. The lowest BCUT2D eigenvalue weighted by atomic mass is 10.2. The van der Waals surface area contributed by atoms with Gasteiger partial charge in [0.15, 0.2) is 0 Å². The summed E-state index contributed by atoms with van der Waals surface area (Å²) in [6.07, 6.45) is 2.54. The van der Waals surface area contributed by atoms with Crippen LogP contribution in [0, 0.1) is 0 Å². The van der Waals surface area contributed by atoms with Crippen LogP contribution in [0.5, 0.6) is 0 Å². The normalized spacial score (nSPS) is 22.1. The van der Waals surface area contributed by atoms with Gasteiger partial charge in [-0.25, -0.2) is 0 Å². The molecule has 0 spiro atoms. The van der Waals surface area contributed by atoms with Crippen LogP contribution >= 0.6 is 11.8 Å². The highest BCUT2D eigenvalue weighted by molar-refractivity contribution is 8.16. The third-order valence-electron chi connectivity index (χ3n) is 2.32. The molecule has 2 nitrogen and oxygen atoms in total. The van der Waals surface area contributed by atoms with Crippen LogP contribution in [0.1, 0.15) is 33.6 Å². The lowest BCUT2D eigenvalue weighted by Gasteiger charge is -2.19. The largest absolute Gasteiger partial charge is 0.297 e. The quantitative estimate of drug-likeness (QED) is 0.543. The molecule has 0 bridgehead atoms. The second-order valence-corrected chi connectivity index (χ2v) is 4.22. The van der Waals surface area contributed by atoms with Crippen molar-refractivity contribution in [2.45, 2.75) is 39.7 Å². The van der Waals surface area contributed by atoms with Gasteiger partial charge in [0.2, 0.25) is 0 Å². The van der Waals surface area contributed by atoms with Crippen molar-refractivity contribution in [1.82, 2.24) is 4.90 Å². The Kier molecular flexibility index (Phi) is 8.82. The molecule has 3 heteroatoms. The first-order valence-corrected chi connectivity index (χ1v) is 6.69. The van der Waals surface area contributed by atoms with Crippen molar-refractivity contribution in [3.63, 3.8) is 0 Å². The zero-order valence-corrected chi connectivity index (χ0v) is 11.3. The Hall–Kier alpha value is -0.280. The van der Waals surface area contributed by atoms with Crippen molar-refractivity contribution >= 4 is 16.8 Å². The van der Waals surface area contributed by atoms with Gasteiger partial charge in [-0.3, -0.25) is 9.89 Å². The maximum atomic E-state index is 4.51. The van der Waals surface area contributed by atoms with E-state index in [0.29, 0.717) is 6.04 Å². The molecule has 1 atom stereocenters. The molecule has 0 aliphatic carbocycles. The Balaban J connectivity index is 0.000000921. The summed E-state index contributed by atoms with van der Waals surface area (Å²) in [4.78, 5) is 6.89. The molecule has 1 rings (SSSR count). The lowest BCUT2D eigenvalue weighted by molar-refractivity contribution is 0.375. The van der Waals surface area contributed by atoms with Crippen LogP contribution in [0.2, 0.25) is 0 Å². The molecule has 0 radical (unpaired) electrons. The molecule has 0 aromatic heterocycles. The van der Waals surface area contributed by atoms with Crippen LogP contribution in [0.25, 0.3) is 0 Å². The molecule has 0 N–H and O–H groups in total. The van der Waals surface area contributed by atoms with E-state index in [-0.39, 0.29) is 0 Å². The van der Waals surface area contributed by atoms with E-state index in [1.54, 1.807) is 11.8 Å². The van der Waals surface area contributed by atoms with Gasteiger partial charge < -0.3 is 0 Å². The van der Waals surface area contributed by atoms with Gasteiger partial charge in [-0.1, -0.05) is 32.2 Å². The highest BCUT2D eigenvalue weighted by Gasteiger charge is 2.25. The molecule has 0 amide bonds.